The van der Waals surface area contributed by atoms with E-state index in [1.165, 1.54) is 12.8 Å². The first-order valence-corrected chi connectivity index (χ1v) is 6.52. The van der Waals surface area contributed by atoms with Crippen LogP contribution in [-0.4, -0.2) is 24.8 Å². The maximum atomic E-state index is 11.9. The van der Waals surface area contributed by atoms with Gasteiger partial charge in [-0.05, 0) is 24.7 Å². The molecule has 1 spiro atoms. The van der Waals surface area contributed by atoms with Crippen LogP contribution in [0.15, 0.2) is 0 Å². The molecule has 1 saturated heterocycles. The highest BCUT2D eigenvalue weighted by atomic mass is 16.7. The minimum Gasteiger partial charge on any atom is -0.347 e. The van der Waals surface area contributed by atoms with Gasteiger partial charge in [-0.2, -0.15) is 0 Å². The number of rotatable bonds is 0. The van der Waals surface area contributed by atoms with Crippen LogP contribution < -0.4 is 0 Å². The monoisotopic (exact) mass is 222 g/mol. The molecule has 0 unspecified atom stereocenters. The molecule has 4 aliphatic rings. The van der Waals surface area contributed by atoms with Crippen LogP contribution in [0.2, 0.25) is 0 Å². The Hall–Kier alpha value is -0.410. The molecule has 0 aromatic heterocycles. The number of carbonyl (C=O) groups excluding carboxylic acids is 1. The molecule has 0 amide bonds. The lowest BCUT2D eigenvalue weighted by molar-refractivity contribution is -0.231. The lowest BCUT2D eigenvalue weighted by Gasteiger charge is -2.42. The first-order valence-electron chi connectivity index (χ1n) is 6.52. The zero-order valence-electron chi connectivity index (χ0n) is 9.59. The van der Waals surface area contributed by atoms with Crippen LogP contribution in [0.4, 0.5) is 0 Å². The Bertz CT molecular complexity index is 358. The largest absolute Gasteiger partial charge is 0.347 e. The van der Waals surface area contributed by atoms with Crippen molar-refractivity contribution in [3.63, 3.8) is 0 Å². The Morgan fingerprint density at radius 2 is 1.75 bits per heavy atom. The van der Waals surface area contributed by atoms with Gasteiger partial charge in [-0.25, -0.2) is 0 Å². The molecule has 3 heteroatoms. The van der Waals surface area contributed by atoms with Crippen LogP contribution in [0, 0.1) is 10.8 Å². The topological polar surface area (TPSA) is 35.5 Å². The highest BCUT2D eigenvalue weighted by molar-refractivity contribution is 5.84. The van der Waals surface area contributed by atoms with E-state index in [2.05, 4.69) is 0 Å². The number of ether oxygens (including phenoxy) is 2. The van der Waals surface area contributed by atoms with E-state index in [1.807, 2.05) is 0 Å². The third-order valence-electron chi connectivity index (χ3n) is 5.72. The molecule has 0 aromatic rings. The zero-order valence-corrected chi connectivity index (χ0v) is 9.59. The summed E-state index contributed by atoms with van der Waals surface area (Å²) in [4.78, 5) is 11.9. The average molecular weight is 222 g/mol. The van der Waals surface area contributed by atoms with Gasteiger partial charge in [0.2, 0.25) is 0 Å². The average Bonchev–Trinajstić information content (AvgIpc) is 2.88. The molecular formula is C13H18O3. The summed E-state index contributed by atoms with van der Waals surface area (Å²) in [6.45, 7) is 1.43. The summed E-state index contributed by atoms with van der Waals surface area (Å²) in [6, 6.07) is 0. The predicted molar refractivity (Wildman–Crippen MR) is 56.8 cm³/mol. The van der Waals surface area contributed by atoms with Gasteiger partial charge in [-0.3, -0.25) is 4.79 Å². The van der Waals surface area contributed by atoms with Crippen molar-refractivity contribution in [2.75, 3.05) is 13.2 Å². The van der Waals surface area contributed by atoms with Crippen molar-refractivity contribution in [1.29, 1.82) is 0 Å². The first kappa shape index (κ1) is 9.60. The quantitative estimate of drug-likeness (QED) is 0.629. The molecular weight excluding hydrogens is 204 g/mol. The second-order valence-corrected chi connectivity index (χ2v) is 6.06. The Morgan fingerprint density at radius 3 is 2.56 bits per heavy atom. The van der Waals surface area contributed by atoms with E-state index < -0.39 is 0 Å². The summed E-state index contributed by atoms with van der Waals surface area (Å²) in [6.07, 6.45) is 7.27. The predicted octanol–water partition coefficient (Wildman–Crippen LogP) is 2.04. The van der Waals surface area contributed by atoms with Gasteiger partial charge in [-0.1, -0.05) is 6.42 Å². The van der Waals surface area contributed by atoms with Gasteiger partial charge in [-0.15, -0.1) is 0 Å². The van der Waals surface area contributed by atoms with Gasteiger partial charge in [0.1, 0.15) is 5.78 Å². The molecule has 88 valence electrons. The summed E-state index contributed by atoms with van der Waals surface area (Å²) in [5.41, 5.74) is 0.294. The number of Topliss-reactive ketones (excluding diaryl/α,β-unsaturated/α-hetero) is 1. The zero-order chi connectivity index (χ0) is 10.9. The van der Waals surface area contributed by atoms with Gasteiger partial charge in [0, 0.05) is 24.7 Å². The lowest BCUT2D eigenvalue weighted by atomic mass is 9.68. The van der Waals surface area contributed by atoms with Crippen molar-refractivity contribution in [3.8, 4) is 0 Å². The van der Waals surface area contributed by atoms with Crippen molar-refractivity contribution in [3.05, 3.63) is 0 Å². The van der Waals surface area contributed by atoms with Crippen LogP contribution in [0.5, 0.6) is 0 Å². The Labute approximate surface area is 95.5 Å². The maximum absolute atomic E-state index is 11.9. The van der Waals surface area contributed by atoms with Crippen LogP contribution in [0.3, 0.4) is 0 Å². The lowest BCUT2D eigenvalue weighted by Crippen LogP contribution is -2.47. The highest BCUT2D eigenvalue weighted by Crippen LogP contribution is 2.74. The fraction of sp³-hybridized carbons (Fsp3) is 0.923. The molecule has 16 heavy (non-hydrogen) atoms. The molecule has 1 aliphatic heterocycles. The molecule has 0 bridgehead atoms. The molecule has 3 nitrogen and oxygen atoms in total. The number of ketones is 1. The van der Waals surface area contributed by atoms with Crippen molar-refractivity contribution in [1.82, 2.24) is 0 Å². The second-order valence-electron chi connectivity index (χ2n) is 6.06. The van der Waals surface area contributed by atoms with Gasteiger partial charge >= 0.3 is 0 Å². The van der Waals surface area contributed by atoms with E-state index in [0.29, 0.717) is 25.4 Å². The molecule has 0 radical (unpaired) electrons. The highest BCUT2D eigenvalue weighted by Gasteiger charge is 2.75. The van der Waals surface area contributed by atoms with Crippen molar-refractivity contribution >= 4 is 5.78 Å². The summed E-state index contributed by atoms with van der Waals surface area (Å²) < 4.78 is 12.0. The van der Waals surface area contributed by atoms with E-state index in [-0.39, 0.29) is 16.6 Å². The summed E-state index contributed by atoms with van der Waals surface area (Å²) in [5.74, 6) is 0.0632. The summed E-state index contributed by atoms with van der Waals surface area (Å²) in [5, 5.41) is 0. The van der Waals surface area contributed by atoms with Crippen LogP contribution in [0.25, 0.3) is 0 Å². The molecule has 0 aromatic carbocycles. The third kappa shape index (κ3) is 0.809. The summed E-state index contributed by atoms with van der Waals surface area (Å²) >= 11 is 0. The van der Waals surface area contributed by atoms with Crippen molar-refractivity contribution in [2.45, 2.75) is 50.7 Å². The number of carbonyl (C=O) groups is 1. The smallest absolute Gasteiger partial charge is 0.175 e. The fourth-order valence-electron chi connectivity index (χ4n) is 5.24. The molecule has 4 rings (SSSR count). The Balaban J connectivity index is 1.86. The Morgan fingerprint density at radius 1 is 0.938 bits per heavy atom. The van der Waals surface area contributed by atoms with Crippen molar-refractivity contribution in [2.24, 2.45) is 10.8 Å². The molecule has 0 N–H and O–H groups in total. The molecule has 4 fully saturated rings. The molecule has 3 aliphatic carbocycles. The molecule has 1 heterocycles. The van der Waals surface area contributed by atoms with Crippen molar-refractivity contribution < 1.29 is 14.3 Å². The van der Waals surface area contributed by atoms with E-state index >= 15 is 0 Å². The maximum Gasteiger partial charge on any atom is 0.175 e. The van der Waals surface area contributed by atoms with Gasteiger partial charge in [0.05, 0.1) is 13.2 Å². The fourth-order valence-corrected chi connectivity index (χ4v) is 5.24. The first-order chi connectivity index (χ1) is 7.72. The van der Waals surface area contributed by atoms with Gasteiger partial charge < -0.3 is 9.47 Å². The second kappa shape index (κ2) is 2.70. The number of hydrogen-bond acceptors (Lipinski definition) is 3. The third-order valence-corrected chi connectivity index (χ3v) is 5.72. The SMILES string of the molecule is O=C1C[C@@]23CCC[C@]2(C1)C1(CC3)OCCO1. The van der Waals surface area contributed by atoms with E-state index in [0.717, 1.165) is 25.7 Å². The standard InChI is InChI=1S/C13H18O3/c14-10-8-11-2-1-3-12(11,9-10)13(5-4-11)15-6-7-16-13/h1-9H2/t11-,12+/m0/s1. The summed E-state index contributed by atoms with van der Waals surface area (Å²) in [7, 11) is 0. The Kier molecular flexibility index (Phi) is 1.62. The molecule has 2 atom stereocenters. The minimum absolute atomic E-state index is 0.0492. The molecule has 3 saturated carbocycles. The van der Waals surface area contributed by atoms with Crippen LogP contribution >= 0.6 is 0 Å². The van der Waals surface area contributed by atoms with E-state index in [1.54, 1.807) is 0 Å². The number of hydrogen-bond donors (Lipinski definition) is 0. The van der Waals surface area contributed by atoms with E-state index in [9.17, 15) is 4.79 Å². The van der Waals surface area contributed by atoms with Gasteiger partial charge in [0.15, 0.2) is 5.79 Å². The minimum atomic E-state index is -0.379. The van der Waals surface area contributed by atoms with Crippen LogP contribution in [-0.2, 0) is 14.3 Å². The van der Waals surface area contributed by atoms with Crippen LogP contribution in [0.1, 0.15) is 44.9 Å². The van der Waals surface area contributed by atoms with E-state index in [4.69, 9.17) is 9.47 Å². The van der Waals surface area contributed by atoms with Gasteiger partial charge in [0.25, 0.3) is 0 Å². The normalized spacial score (nSPS) is 48.9.